The minimum Gasteiger partial charge on any atom is -0.316 e. The van der Waals surface area contributed by atoms with Crippen LogP contribution in [0.2, 0.25) is 5.02 Å². The van der Waals surface area contributed by atoms with Crippen molar-refractivity contribution < 1.29 is 26.4 Å². The average Bonchev–Trinajstić information content (AvgIpc) is 2.97. The Bertz CT molecular complexity index is 932. The van der Waals surface area contributed by atoms with Crippen LogP contribution in [-0.4, -0.2) is 42.3 Å². The zero-order valence-corrected chi connectivity index (χ0v) is 17.4. The predicted molar refractivity (Wildman–Crippen MR) is 105 cm³/mol. The molecule has 154 valence electrons. The molecule has 2 atom stereocenters. The first-order valence-corrected chi connectivity index (χ1v) is 11.6. The van der Waals surface area contributed by atoms with Crippen molar-refractivity contribution in [2.24, 2.45) is 10.9 Å². The Balaban J connectivity index is 2.05. The van der Waals surface area contributed by atoms with Gasteiger partial charge in [-0.3, -0.25) is 4.79 Å². The highest BCUT2D eigenvalue weighted by Crippen LogP contribution is 2.43. The lowest BCUT2D eigenvalue weighted by Gasteiger charge is -2.25. The van der Waals surface area contributed by atoms with Crippen molar-refractivity contribution in [3.05, 3.63) is 28.8 Å². The van der Waals surface area contributed by atoms with Gasteiger partial charge >= 0.3 is 6.18 Å². The number of fused-ring (bicyclic) bond motifs is 1. The zero-order valence-electron chi connectivity index (χ0n) is 15.0. The van der Waals surface area contributed by atoms with Gasteiger partial charge in [0.2, 0.25) is 5.91 Å². The molecule has 0 aliphatic carbocycles. The van der Waals surface area contributed by atoms with Crippen LogP contribution in [0.3, 0.4) is 0 Å². The number of nitrogens with zero attached hydrogens (tertiary/aromatic N) is 2. The van der Waals surface area contributed by atoms with Crippen LogP contribution in [0, 0.1) is 5.92 Å². The third-order valence-corrected chi connectivity index (χ3v) is 7.94. The van der Waals surface area contributed by atoms with E-state index in [1.807, 2.05) is 13.8 Å². The van der Waals surface area contributed by atoms with Crippen molar-refractivity contribution >= 4 is 50.0 Å². The number of alkyl halides is 3. The molecule has 2 saturated heterocycles. The number of thioether (sulfide) groups is 1. The molecule has 1 aromatic carbocycles. The summed E-state index contributed by atoms with van der Waals surface area (Å²) in [6.45, 7) is 3.71. The molecule has 0 unspecified atom stereocenters. The van der Waals surface area contributed by atoms with Gasteiger partial charge in [-0.2, -0.15) is 18.2 Å². The molecule has 1 aromatic rings. The molecule has 0 spiro atoms. The minimum atomic E-state index is -4.66. The Morgan fingerprint density at radius 2 is 2.04 bits per heavy atom. The van der Waals surface area contributed by atoms with Crippen molar-refractivity contribution in [2.75, 3.05) is 16.4 Å². The number of halogens is 4. The van der Waals surface area contributed by atoms with Crippen molar-refractivity contribution in [1.82, 2.24) is 0 Å². The molecule has 1 amide bonds. The topological polar surface area (TPSA) is 66.8 Å². The molecule has 2 fully saturated rings. The normalized spacial score (nSPS) is 25.5. The summed E-state index contributed by atoms with van der Waals surface area (Å²) in [7, 11) is -3.31. The Morgan fingerprint density at radius 1 is 1.36 bits per heavy atom. The summed E-state index contributed by atoms with van der Waals surface area (Å²) in [6, 6.07) is 2.80. The summed E-state index contributed by atoms with van der Waals surface area (Å²) in [5.41, 5.74) is -0.904. The monoisotopic (exact) mass is 454 g/mol. The summed E-state index contributed by atoms with van der Waals surface area (Å²) in [5, 5.41) is -0.611. The SMILES string of the molecule is CC(C)CC(=O)N=C1S[C@H]2CS(=O)(=O)C[C@@H]2N1c1ccc(Cl)c(C(F)(F)F)c1. The molecule has 0 bridgehead atoms. The molecule has 2 aliphatic heterocycles. The first-order chi connectivity index (χ1) is 12.9. The Kier molecular flexibility index (Phi) is 5.77. The van der Waals surface area contributed by atoms with E-state index in [2.05, 4.69) is 4.99 Å². The van der Waals surface area contributed by atoms with Crippen LogP contribution in [0.5, 0.6) is 0 Å². The van der Waals surface area contributed by atoms with Gasteiger partial charge in [-0.25, -0.2) is 8.42 Å². The van der Waals surface area contributed by atoms with Crippen molar-refractivity contribution in [2.45, 2.75) is 37.7 Å². The van der Waals surface area contributed by atoms with E-state index in [4.69, 9.17) is 11.6 Å². The number of carbonyl (C=O) groups excluding carboxylic acids is 1. The van der Waals surface area contributed by atoms with Gasteiger partial charge in [-0.1, -0.05) is 37.2 Å². The molecule has 0 N–H and O–H groups in total. The Morgan fingerprint density at radius 3 is 2.64 bits per heavy atom. The average molecular weight is 455 g/mol. The molecule has 5 nitrogen and oxygen atoms in total. The smallest absolute Gasteiger partial charge is 0.316 e. The van der Waals surface area contributed by atoms with Crippen molar-refractivity contribution in [1.29, 1.82) is 0 Å². The summed E-state index contributed by atoms with van der Waals surface area (Å²) in [4.78, 5) is 17.7. The fourth-order valence-corrected chi connectivity index (χ4v) is 7.40. The highest BCUT2D eigenvalue weighted by atomic mass is 35.5. The van der Waals surface area contributed by atoms with Crippen molar-refractivity contribution in [3.8, 4) is 0 Å². The third kappa shape index (κ3) is 4.49. The maximum Gasteiger partial charge on any atom is 0.417 e. The molecule has 28 heavy (non-hydrogen) atoms. The summed E-state index contributed by atoms with van der Waals surface area (Å²) in [5.74, 6) is -0.624. The second-order valence-electron chi connectivity index (χ2n) is 7.22. The molecular formula is C17H18ClF3N2O3S2. The number of amides is 1. The maximum atomic E-state index is 13.3. The van der Waals surface area contributed by atoms with E-state index < -0.39 is 38.5 Å². The molecule has 2 heterocycles. The minimum absolute atomic E-state index is 0.0731. The standard InChI is InChI=1S/C17H18ClF3N2O3S2/c1-9(2)5-15(24)22-16-23(13-7-28(25,26)8-14(13)27-16)10-3-4-12(18)11(6-10)17(19,20)21/h3-4,6,9,13-14H,5,7-8H2,1-2H3/t13-,14-/m0/s1. The number of hydrogen-bond acceptors (Lipinski definition) is 4. The number of carbonyl (C=O) groups is 1. The fourth-order valence-electron chi connectivity index (χ4n) is 3.25. The first-order valence-electron chi connectivity index (χ1n) is 8.52. The number of aliphatic imine (C=N–C) groups is 1. The second-order valence-corrected chi connectivity index (χ2v) is 11.0. The molecule has 2 aliphatic rings. The molecular weight excluding hydrogens is 437 g/mol. The van der Waals surface area contributed by atoms with Crippen molar-refractivity contribution in [3.63, 3.8) is 0 Å². The van der Waals surface area contributed by atoms with Gasteiger partial charge in [-0.05, 0) is 24.1 Å². The summed E-state index contributed by atoms with van der Waals surface area (Å²) >= 11 is 6.82. The van der Waals surface area contributed by atoms with Crippen LogP contribution < -0.4 is 4.90 Å². The van der Waals surface area contributed by atoms with Gasteiger partial charge in [0.25, 0.3) is 0 Å². The van der Waals surface area contributed by atoms with Gasteiger partial charge in [-0.15, -0.1) is 0 Å². The summed E-state index contributed by atoms with van der Waals surface area (Å²) < 4.78 is 63.9. The second kappa shape index (κ2) is 7.53. The summed E-state index contributed by atoms with van der Waals surface area (Å²) in [6.07, 6.45) is -4.47. The number of amidine groups is 1. The number of sulfone groups is 1. The van der Waals surface area contributed by atoms with Gasteiger partial charge < -0.3 is 4.90 Å². The lowest BCUT2D eigenvalue weighted by Crippen LogP contribution is -2.38. The zero-order chi connectivity index (χ0) is 20.9. The van der Waals surface area contributed by atoms with Crippen LogP contribution in [0.1, 0.15) is 25.8 Å². The fraction of sp³-hybridized carbons (Fsp3) is 0.529. The number of rotatable bonds is 3. The first kappa shape index (κ1) is 21.4. The van der Waals surface area contributed by atoms with E-state index in [9.17, 15) is 26.4 Å². The lowest BCUT2D eigenvalue weighted by molar-refractivity contribution is -0.137. The number of benzene rings is 1. The van der Waals surface area contributed by atoms with Gasteiger partial charge in [0.15, 0.2) is 15.0 Å². The van der Waals surface area contributed by atoms with E-state index in [-0.39, 0.29) is 39.9 Å². The molecule has 11 heteroatoms. The molecule has 0 saturated carbocycles. The largest absolute Gasteiger partial charge is 0.417 e. The van der Waals surface area contributed by atoms with E-state index in [1.54, 1.807) is 0 Å². The third-order valence-electron chi connectivity index (χ3n) is 4.40. The quantitative estimate of drug-likeness (QED) is 0.690. The molecule has 0 aromatic heterocycles. The number of anilines is 1. The van der Waals surface area contributed by atoms with E-state index in [1.165, 1.54) is 11.0 Å². The van der Waals surface area contributed by atoms with Crippen LogP contribution in [0.4, 0.5) is 18.9 Å². The van der Waals surface area contributed by atoms with E-state index >= 15 is 0 Å². The van der Waals surface area contributed by atoms with Crippen LogP contribution in [0.15, 0.2) is 23.2 Å². The predicted octanol–water partition coefficient (Wildman–Crippen LogP) is 4.01. The van der Waals surface area contributed by atoms with Gasteiger partial charge in [0.05, 0.1) is 28.1 Å². The molecule has 3 rings (SSSR count). The van der Waals surface area contributed by atoms with E-state index in [0.29, 0.717) is 0 Å². The van der Waals surface area contributed by atoms with E-state index in [0.717, 1.165) is 23.9 Å². The lowest BCUT2D eigenvalue weighted by atomic mass is 10.1. The maximum absolute atomic E-state index is 13.3. The highest BCUT2D eigenvalue weighted by Gasteiger charge is 2.49. The van der Waals surface area contributed by atoms with Crippen LogP contribution >= 0.6 is 23.4 Å². The number of hydrogen-bond donors (Lipinski definition) is 0. The Labute approximate surface area is 170 Å². The van der Waals surface area contributed by atoms with Gasteiger partial charge in [0.1, 0.15) is 0 Å². The molecule has 0 radical (unpaired) electrons. The van der Waals surface area contributed by atoms with Crippen LogP contribution in [0.25, 0.3) is 0 Å². The highest BCUT2D eigenvalue weighted by molar-refractivity contribution is 8.16. The van der Waals surface area contributed by atoms with Crippen LogP contribution in [-0.2, 0) is 20.8 Å². The van der Waals surface area contributed by atoms with Gasteiger partial charge in [0, 0.05) is 17.4 Å². The Hall–Kier alpha value is -1.26.